The fraction of sp³-hybridized carbons (Fsp3) is 0.692. The molecule has 2 aliphatic carbocycles. The Balaban J connectivity index is 1.80. The molecule has 0 bridgehead atoms. The monoisotopic (exact) mass is 233 g/mol. The van der Waals surface area contributed by atoms with Crippen LogP contribution in [-0.2, 0) is 0 Å². The summed E-state index contributed by atoms with van der Waals surface area (Å²) in [6.45, 7) is 0. The van der Waals surface area contributed by atoms with Gasteiger partial charge in [-0.2, -0.15) is 4.98 Å². The van der Waals surface area contributed by atoms with E-state index >= 15 is 0 Å². The fourth-order valence-corrected chi connectivity index (χ4v) is 2.64. The Kier molecular flexibility index (Phi) is 2.65. The van der Waals surface area contributed by atoms with Gasteiger partial charge < -0.3 is 9.64 Å². The van der Waals surface area contributed by atoms with Gasteiger partial charge in [-0.25, -0.2) is 4.98 Å². The zero-order valence-corrected chi connectivity index (χ0v) is 10.5. The van der Waals surface area contributed by atoms with E-state index in [0.29, 0.717) is 11.9 Å². The molecule has 1 heterocycles. The normalized spacial score (nSPS) is 19.5. The highest BCUT2D eigenvalue weighted by molar-refractivity contribution is 5.34. The highest BCUT2D eigenvalue weighted by Gasteiger charge is 2.44. The van der Waals surface area contributed by atoms with Gasteiger partial charge in [0.05, 0.1) is 7.11 Å². The van der Waals surface area contributed by atoms with Crippen LogP contribution in [0.2, 0.25) is 0 Å². The van der Waals surface area contributed by atoms with Gasteiger partial charge in [-0.05, 0) is 37.5 Å². The molecule has 4 nitrogen and oxygen atoms in total. The predicted octanol–water partition coefficient (Wildman–Crippen LogP) is 2.11. The van der Waals surface area contributed by atoms with Gasteiger partial charge in [0.15, 0.2) is 0 Å². The average molecular weight is 233 g/mol. The molecule has 0 spiro atoms. The zero-order valence-electron chi connectivity index (χ0n) is 10.5. The van der Waals surface area contributed by atoms with Crippen molar-refractivity contribution < 1.29 is 4.74 Å². The smallest absolute Gasteiger partial charge is 0.228 e. The molecule has 2 fully saturated rings. The molecule has 3 rings (SSSR count). The molecular formula is C13H19N3O. The van der Waals surface area contributed by atoms with Gasteiger partial charge in [0.25, 0.3) is 0 Å². The van der Waals surface area contributed by atoms with Gasteiger partial charge >= 0.3 is 0 Å². The first-order valence-corrected chi connectivity index (χ1v) is 6.39. The second-order valence-electron chi connectivity index (χ2n) is 5.18. The SMILES string of the molecule is COc1ccnc(N(C)C(C2CC2)C2CC2)n1. The van der Waals surface area contributed by atoms with Crippen LogP contribution in [0.25, 0.3) is 0 Å². The van der Waals surface area contributed by atoms with E-state index in [1.807, 2.05) is 0 Å². The minimum absolute atomic E-state index is 0.641. The number of ether oxygens (including phenoxy) is 1. The van der Waals surface area contributed by atoms with Gasteiger partial charge in [0.1, 0.15) is 0 Å². The number of aromatic nitrogens is 2. The van der Waals surface area contributed by atoms with E-state index < -0.39 is 0 Å². The lowest BCUT2D eigenvalue weighted by molar-refractivity contribution is 0.395. The molecule has 17 heavy (non-hydrogen) atoms. The molecule has 0 aromatic carbocycles. The summed E-state index contributed by atoms with van der Waals surface area (Å²) in [6.07, 6.45) is 7.25. The Hall–Kier alpha value is -1.32. The predicted molar refractivity (Wildman–Crippen MR) is 66.2 cm³/mol. The average Bonchev–Trinajstić information content (AvgIpc) is 3.23. The van der Waals surface area contributed by atoms with Crippen molar-refractivity contribution in [3.05, 3.63) is 12.3 Å². The van der Waals surface area contributed by atoms with Crippen LogP contribution in [0.1, 0.15) is 25.7 Å². The summed E-state index contributed by atoms with van der Waals surface area (Å²) in [6, 6.07) is 2.43. The fourth-order valence-electron chi connectivity index (χ4n) is 2.64. The molecule has 0 aliphatic heterocycles. The van der Waals surface area contributed by atoms with Gasteiger partial charge in [-0.1, -0.05) is 0 Å². The maximum absolute atomic E-state index is 5.16. The molecule has 0 N–H and O–H groups in total. The quantitative estimate of drug-likeness (QED) is 0.780. The van der Waals surface area contributed by atoms with Crippen LogP contribution in [0, 0.1) is 11.8 Å². The molecule has 1 aromatic heterocycles. The van der Waals surface area contributed by atoms with Crippen LogP contribution in [0.15, 0.2) is 12.3 Å². The zero-order chi connectivity index (χ0) is 11.8. The molecule has 0 unspecified atom stereocenters. The second-order valence-corrected chi connectivity index (χ2v) is 5.18. The summed E-state index contributed by atoms with van der Waals surface area (Å²) in [7, 11) is 3.77. The molecule has 0 radical (unpaired) electrons. The summed E-state index contributed by atoms with van der Waals surface area (Å²) < 4.78 is 5.16. The van der Waals surface area contributed by atoms with Gasteiger partial charge in [0, 0.05) is 25.4 Å². The Bertz CT molecular complexity index is 389. The largest absolute Gasteiger partial charge is 0.481 e. The highest BCUT2D eigenvalue weighted by Crippen LogP contribution is 2.47. The van der Waals surface area contributed by atoms with Crippen molar-refractivity contribution >= 4 is 5.95 Å². The van der Waals surface area contributed by atoms with E-state index in [4.69, 9.17) is 4.74 Å². The summed E-state index contributed by atoms with van der Waals surface area (Å²) in [5, 5.41) is 0. The van der Waals surface area contributed by atoms with Crippen LogP contribution >= 0.6 is 0 Å². The molecule has 92 valence electrons. The Morgan fingerprint density at radius 2 is 1.94 bits per heavy atom. The number of rotatable bonds is 5. The van der Waals surface area contributed by atoms with Crippen LogP contribution < -0.4 is 9.64 Å². The Morgan fingerprint density at radius 1 is 1.29 bits per heavy atom. The lowest BCUT2D eigenvalue weighted by Crippen LogP contribution is -2.36. The first-order valence-electron chi connectivity index (χ1n) is 6.39. The molecule has 0 atom stereocenters. The number of anilines is 1. The minimum Gasteiger partial charge on any atom is -0.481 e. The first kappa shape index (κ1) is 10.8. The van der Waals surface area contributed by atoms with Crippen molar-refractivity contribution in [1.29, 1.82) is 0 Å². The van der Waals surface area contributed by atoms with Crippen LogP contribution in [0.5, 0.6) is 5.88 Å². The van der Waals surface area contributed by atoms with E-state index in [1.165, 1.54) is 25.7 Å². The van der Waals surface area contributed by atoms with Crippen molar-refractivity contribution in [2.45, 2.75) is 31.7 Å². The Morgan fingerprint density at radius 3 is 2.47 bits per heavy atom. The number of nitrogens with zero attached hydrogens (tertiary/aromatic N) is 3. The minimum atomic E-state index is 0.641. The highest BCUT2D eigenvalue weighted by atomic mass is 16.5. The molecule has 2 saturated carbocycles. The topological polar surface area (TPSA) is 38.2 Å². The van der Waals surface area contributed by atoms with Crippen molar-refractivity contribution in [3.63, 3.8) is 0 Å². The number of hydrogen-bond acceptors (Lipinski definition) is 4. The van der Waals surface area contributed by atoms with Gasteiger partial charge in [-0.15, -0.1) is 0 Å². The van der Waals surface area contributed by atoms with Gasteiger partial charge in [0.2, 0.25) is 11.8 Å². The van der Waals surface area contributed by atoms with E-state index in [1.54, 1.807) is 19.4 Å². The summed E-state index contributed by atoms with van der Waals surface area (Å²) in [5.41, 5.74) is 0. The van der Waals surface area contributed by atoms with E-state index in [2.05, 4.69) is 21.9 Å². The third-order valence-electron chi connectivity index (χ3n) is 3.80. The molecule has 0 saturated heterocycles. The van der Waals surface area contributed by atoms with E-state index in [9.17, 15) is 0 Å². The van der Waals surface area contributed by atoms with Gasteiger partial charge in [-0.3, -0.25) is 0 Å². The third kappa shape index (κ3) is 2.21. The maximum atomic E-state index is 5.16. The molecule has 0 amide bonds. The standard InChI is InChI=1S/C13H19N3O/c1-16(12(9-3-4-9)10-5-6-10)13-14-8-7-11(15-13)17-2/h7-10,12H,3-6H2,1-2H3. The summed E-state index contributed by atoms with van der Waals surface area (Å²) >= 11 is 0. The van der Waals surface area contributed by atoms with Crippen molar-refractivity contribution in [1.82, 2.24) is 9.97 Å². The molecular weight excluding hydrogens is 214 g/mol. The number of methoxy groups -OCH3 is 1. The van der Waals surface area contributed by atoms with E-state index in [0.717, 1.165) is 17.8 Å². The van der Waals surface area contributed by atoms with E-state index in [-0.39, 0.29) is 0 Å². The molecule has 2 aliphatic rings. The van der Waals surface area contributed by atoms with Crippen molar-refractivity contribution in [2.24, 2.45) is 11.8 Å². The maximum Gasteiger partial charge on any atom is 0.228 e. The third-order valence-corrected chi connectivity index (χ3v) is 3.80. The van der Waals surface area contributed by atoms with Crippen LogP contribution in [-0.4, -0.2) is 30.2 Å². The summed E-state index contributed by atoms with van der Waals surface area (Å²) in [4.78, 5) is 11.1. The number of hydrogen-bond donors (Lipinski definition) is 0. The molecule has 4 heteroatoms. The van der Waals surface area contributed by atoms with Crippen molar-refractivity contribution in [2.75, 3.05) is 19.1 Å². The second kappa shape index (κ2) is 4.17. The summed E-state index contributed by atoms with van der Waals surface area (Å²) in [5.74, 6) is 3.17. The Labute approximate surface area is 102 Å². The lowest BCUT2D eigenvalue weighted by Gasteiger charge is -2.28. The molecule has 1 aromatic rings. The van der Waals surface area contributed by atoms with Crippen molar-refractivity contribution in [3.8, 4) is 5.88 Å². The van der Waals surface area contributed by atoms with Crippen LogP contribution in [0.3, 0.4) is 0 Å². The first-order chi connectivity index (χ1) is 8.29. The lowest BCUT2D eigenvalue weighted by atomic mass is 10.1. The van der Waals surface area contributed by atoms with Crippen LogP contribution in [0.4, 0.5) is 5.95 Å².